The van der Waals surface area contributed by atoms with Gasteiger partial charge in [-0.05, 0) is 51.3 Å². The Bertz CT molecular complexity index is 377. The van der Waals surface area contributed by atoms with Crippen LogP contribution in [0.2, 0.25) is 0 Å². The van der Waals surface area contributed by atoms with Gasteiger partial charge in [0.05, 0.1) is 6.10 Å². The van der Waals surface area contributed by atoms with Gasteiger partial charge in [0.25, 0.3) is 0 Å². The van der Waals surface area contributed by atoms with Crippen LogP contribution in [0.25, 0.3) is 0 Å². The summed E-state index contributed by atoms with van der Waals surface area (Å²) in [6.45, 7) is 3.15. The van der Waals surface area contributed by atoms with E-state index in [1.807, 2.05) is 11.8 Å². The molecule has 0 aliphatic carbocycles. The van der Waals surface area contributed by atoms with Crippen LogP contribution in [-0.4, -0.2) is 31.6 Å². The molecule has 0 spiro atoms. The summed E-state index contributed by atoms with van der Waals surface area (Å²) in [5, 5.41) is 3.44. The lowest BCUT2D eigenvalue weighted by Gasteiger charge is -2.18. The van der Waals surface area contributed by atoms with Crippen molar-refractivity contribution in [2.24, 2.45) is 0 Å². The lowest BCUT2D eigenvalue weighted by atomic mass is 10.1. The highest BCUT2D eigenvalue weighted by atomic mass is 32.2. The topological polar surface area (TPSA) is 21.3 Å². The predicted molar refractivity (Wildman–Crippen MR) is 83.0 cm³/mol. The summed E-state index contributed by atoms with van der Waals surface area (Å²) in [5.74, 6) is 1.13. The fourth-order valence-corrected chi connectivity index (χ4v) is 3.66. The molecular weight excluding hydrogens is 254 g/mol. The largest absolute Gasteiger partial charge is 0.378 e. The molecule has 0 bridgehead atoms. The zero-order valence-electron chi connectivity index (χ0n) is 12.0. The first-order valence-electron chi connectivity index (χ1n) is 7.27. The third-order valence-corrected chi connectivity index (χ3v) is 5.14. The summed E-state index contributed by atoms with van der Waals surface area (Å²) in [7, 11) is 2.07. The van der Waals surface area contributed by atoms with Crippen LogP contribution in [0.5, 0.6) is 0 Å². The van der Waals surface area contributed by atoms with Crippen molar-refractivity contribution in [1.82, 2.24) is 5.32 Å². The average molecular weight is 279 g/mol. The lowest BCUT2D eigenvalue weighted by molar-refractivity contribution is 0.100. The highest BCUT2D eigenvalue weighted by Gasteiger charge is 2.17. The van der Waals surface area contributed by atoms with Crippen molar-refractivity contribution in [2.45, 2.75) is 49.6 Å². The maximum atomic E-state index is 5.70. The number of rotatable bonds is 7. The van der Waals surface area contributed by atoms with E-state index in [-0.39, 0.29) is 0 Å². The van der Waals surface area contributed by atoms with Gasteiger partial charge in [0, 0.05) is 23.3 Å². The van der Waals surface area contributed by atoms with Gasteiger partial charge in [0.1, 0.15) is 0 Å². The van der Waals surface area contributed by atoms with Crippen molar-refractivity contribution in [3.8, 4) is 0 Å². The third-order valence-electron chi connectivity index (χ3n) is 3.80. The second kappa shape index (κ2) is 7.93. The number of thioether (sulfide) groups is 1. The van der Waals surface area contributed by atoms with Gasteiger partial charge in [-0.2, -0.15) is 0 Å². The molecule has 0 saturated carbocycles. The molecule has 1 aliphatic heterocycles. The molecule has 3 heteroatoms. The second-order valence-electron chi connectivity index (χ2n) is 5.27. The molecule has 2 rings (SSSR count). The highest BCUT2D eigenvalue weighted by Crippen LogP contribution is 2.24. The SMILES string of the molecule is CNC(CCC1CCCO1)CSc1ccccc1C. The Morgan fingerprint density at radius 1 is 1.42 bits per heavy atom. The van der Waals surface area contributed by atoms with Gasteiger partial charge in [-0.15, -0.1) is 11.8 Å². The minimum Gasteiger partial charge on any atom is -0.378 e. The number of ether oxygens (including phenoxy) is 1. The lowest BCUT2D eigenvalue weighted by Crippen LogP contribution is -2.29. The van der Waals surface area contributed by atoms with Gasteiger partial charge in [-0.3, -0.25) is 0 Å². The van der Waals surface area contributed by atoms with Gasteiger partial charge < -0.3 is 10.1 Å². The second-order valence-corrected chi connectivity index (χ2v) is 6.34. The Kier molecular flexibility index (Phi) is 6.21. The van der Waals surface area contributed by atoms with Crippen LogP contribution < -0.4 is 5.32 Å². The molecule has 0 radical (unpaired) electrons. The normalized spacial score (nSPS) is 20.6. The molecule has 19 heavy (non-hydrogen) atoms. The van der Waals surface area contributed by atoms with Crippen molar-refractivity contribution in [3.05, 3.63) is 29.8 Å². The van der Waals surface area contributed by atoms with Crippen LogP contribution in [0, 0.1) is 6.92 Å². The van der Waals surface area contributed by atoms with Gasteiger partial charge >= 0.3 is 0 Å². The Labute approximate surface area is 121 Å². The highest BCUT2D eigenvalue weighted by molar-refractivity contribution is 7.99. The number of aryl methyl sites for hydroxylation is 1. The van der Waals surface area contributed by atoms with Crippen LogP contribution in [0.3, 0.4) is 0 Å². The van der Waals surface area contributed by atoms with Crippen LogP contribution in [0.4, 0.5) is 0 Å². The molecule has 1 heterocycles. The molecule has 2 nitrogen and oxygen atoms in total. The zero-order valence-corrected chi connectivity index (χ0v) is 12.8. The van der Waals surface area contributed by atoms with Crippen LogP contribution >= 0.6 is 11.8 Å². The van der Waals surface area contributed by atoms with E-state index >= 15 is 0 Å². The Balaban J connectivity index is 1.74. The maximum Gasteiger partial charge on any atom is 0.0576 e. The van der Waals surface area contributed by atoms with Gasteiger partial charge in [0.15, 0.2) is 0 Å². The molecule has 2 atom stereocenters. The van der Waals surface area contributed by atoms with Crippen molar-refractivity contribution in [3.63, 3.8) is 0 Å². The van der Waals surface area contributed by atoms with Crippen molar-refractivity contribution >= 4 is 11.8 Å². The van der Waals surface area contributed by atoms with Crippen molar-refractivity contribution < 1.29 is 4.74 Å². The summed E-state index contributed by atoms with van der Waals surface area (Å²) in [5.41, 5.74) is 1.38. The van der Waals surface area contributed by atoms with Gasteiger partial charge in [0.2, 0.25) is 0 Å². The molecule has 1 saturated heterocycles. The molecule has 0 aromatic heterocycles. The summed E-state index contributed by atoms with van der Waals surface area (Å²) in [4.78, 5) is 1.40. The average Bonchev–Trinajstić information content (AvgIpc) is 2.94. The standard InChI is InChI=1S/C16H25NOS/c1-13-6-3-4-8-16(13)19-12-14(17-2)9-10-15-7-5-11-18-15/h3-4,6,8,14-15,17H,5,7,9-12H2,1-2H3. The van der Waals surface area contributed by atoms with E-state index in [1.54, 1.807) is 0 Å². The van der Waals surface area contributed by atoms with E-state index in [2.05, 4.69) is 43.6 Å². The predicted octanol–water partition coefficient (Wildman–Crippen LogP) is 3.63. The first-order valence-corrected chi connectivity index (χ1v) is 8.25. The Morgan fingerprint density at radius 3 is 2.95 bits per heavy atom. The number of nitrogens with one attached hydrogen (secondary N) is 1. The minimum absolute atomic E-state index is 0.513. The molecule has 1 fully saturated rings. The molecule has 1 aromatic carbocycles. The summed E-state index contributed by atoms with van der Waals surface area (Å²) < 4.78 is 5.70. The monoisotopic (exact) mass is 279 g/mol. The molecule has 1 aromatic rings. The molecule has 106 valence electrons. The maximum absolute atomic E-state index is 5.70. The zero-order chi connectivity index (χ0) is 13.5. The van der Waals surface area contributed by atoms with E-state index in [4.69, 9.17) is 4.74 Å². The summed E-state index contributed by atoms with van der Waals surface area (Å²) in [6, 6.07) is 9.20. The van der Waals surface area contributed by atoms with Gasteiger partial charge in [-0.25, -0.2) is 0 Å². The smallest absolute Gasteiger partial charge is 0.0576 e. The van der Waals surface area contributed by atoms with Crippen LogP contribution in [0.1, 0.15) is 31.2 Å². The van der Waals surface area contributed by atoms with Crippen molar-refractivity contribution in [1.29, 1.82) is 0 Å². The number of hydrogen-bond donors (Lipinski definition) is 1. The van der Waals surface area contributed by atoms with E-state index < -0.39 is 0 Å². The van der Waals surface area contributed by atoms with E-state index in [1.165, 1.54) is 36.1 Å². The molecule has 2 unspecified atom stereocenters. The van der Waals surface area contributed by atoms with E-state index in [0.717, 1.165) is 12.4 Å². The summed E-state index contributed by atoms with van der Waals surface area (Å²) in [6.07, 6.45) is 5.41. The number of benzene rings is 1. The van der Waals surface area contributed by atoms with Crippen LogP contribution in [-0.2, 0) is 4.74 Å². The van der Waals surface area contributed by atoms with E-state index in [9.17, 15) is 0 Å². The molecular formula is C16H25NOS. The fraction of sp³-hybridized carbons (Fsp3) is 0.625. The minimum atomic E-state index is 0.513. The first kappa shape index (κ1) is 14.9. The molecule has 1 aliphatic rings. The quantitative estimate of drug-likeness (QED) is 0.770. The Hall–Kier alpha value is -0.510. The molecule has 1 N–H and O–H groups in total. The van der Waals surface area contributed by atoms with Gasteiger partial charge in [-0.1, -0.05) is 18.2 Å². The molecule has 0 amide bonds. The Morgan fingerprint density at radius 2 is 2.26 bits per heavy atom. The first-order chi connectivity index (χ1) is 9.29. The van der Waals surface area contributed by atoms with Crippen molar-refractivity contribution in [2.75, 3.05) is 19.4 Å². The third kappa shape index (κ3) is 4.83. The fourth-order valence-electron chi connectivity index (χ4n) is 2.48. The number of hydrogen-bond acceptors (Lipinski definition) is 3. The summed E-state index contributed by atoms with van der Waals surface area (Å²) >= 11 is 1.96. The van der Waals surface area contributed by atoms with E-state index in [0.29, 0.717) is 12.1 Å². The van der Waals surface area contributed by atoms with Crippen LogP contribution in [0.15, 0.2) is 29.2 Å².